The Bertz CT molecular complexity index is 766. The summed E-state index contributed by atoms with van der Waals surface area (Å²) >= 11 is 5.91. The quantitative estimate of drug-likeness (QED) is 0.653. The molecule has 6 heteroatoms. The standard InChI is InChI=1S/C17H15ClN4O/c1-12-5-6-14(18)8-16(12)22-17(23)13(9-19)10-20-11-15-4-2-3-7-21-15/h2-8,10,20H,11H2,1H3,(H,22,23)/b13-10-. The highest BCUT2D eigenvalue weighted by molar-refractivity contribution is 6.31. The summed E-state index contributed by atoms with van der Waals surface area (Å²) in [6.45, 7) is 2.27. The number of rotatable bonds is 5. The molecule has 0 saturated heterocycles. The van der Waals surface area contributed by atoms with E-state index < -0.39 is 5.91 Å². The van der Waals surface area contributed by atoms with E-state index >= 15 is 0 Å². The van der Waals surface area contributed by atoms with Gasteiger partial charge in [-0.15, -0.1) is 0 Å². The lowest BCUT2D eigenvalue weighted by atomic mass is 10.2. The number of aromatic nitrogens is 1. The minimum atomic E-state index is -0.494. The van der Waals surface area contributed by atoms with E-state index in [0.29, 0.717) is 17.3 Å². The summed E-state index contributed by atoms with van der Waals surface area (Å²) in [6.07, 6.45) is 3.06. The maximum Gasteiger partial charge on any atom is 0.267 e. The molecule has 0 aliphatic carbocycles. The molecule has 0 atom stereocenters. The number of aryl methyl sites for hydroxylation is 1. The second kappa shape index (κ2) is 7.97. The van der Waals surface area contributed by atoms with Crippen molar-refractivity contribution >= 4 is 23.2 Å². The average Bonchev–Trinajstić information content (AvgIpc) is 2.56. The van der Waals surface area contributed by atoms with Crippen molar-refractivity contribution in [2.24, 2.45) is 0 Å². The van der Waals surface area contributed by atoms with Crippen molar-refractivity contribution in [2.75, 3.05) is 5.32 Å². The zero-order chi connectivity index (χ0) is 16.7. The van der Waals surface area contributed by atoms with Gasteiger partial charge in [-0.05, 0) is 36.8 Å². The molecule has 0 aliphatic rings. The Kier molecular flexibility index (Phi) is 5.73. The summed E-state index contributed by atoms with van der Waals surface area (Å²) in [4.78, 5) is 16.3. The minimum Gasteiger partial charge on any atom is -0.384 e. The van der Waals surface area contributed by atoms with Gasteiger partial charge in [-0.1, -0.05) is 23.7 Å². The molecule has 1 aromatic carbocycles. The molecule has 5 nitrogen and oxygen atoms in total. The molecule has 0 unspecified atom stereocenters. The molecule has 1 aromatic heterocycles. The van der Waals surface area contributed by atoms with Crippen LogP contribution in [0, 0.1) is 18.3 Å². The van der Waals surface area contributed by atoms with Crippen LogP contribution in [0.15, 0.2) is 54.4 Å². The number of anilines is 1. The van der Waals surface area contributed by atoms with Crippen LogP contribution in [0.1, 0.15) is 11.3 Å². The van der Waals surface area contributed by atoms with Gasteiger partial charge in [0.25, 0.3) is 5.91 Å². The first-order valence-corrected chi connectivity index (χ1v) is 7.29. The number of hydrogen-bond donors (Lipinski definition) is 2. The van der Waals surface area contributed by atoms with Gasteiger partial charge >= 0.3 is 0 Å². The number of halogens is 1. The van der Waals surface area contributed by atoms with Crippen molar-refractivity contribution < 1.29 is 4.79 Å². The van der Waals surface area contributed by atoms with Crippen molar-refractivity contribution in [1.29, 1.82) is 5.26 Å². The van der Waals surface area contributed by atoms with E-state index in [4.69, 9.17) is 16.9 Å². The second-order valence-electron chi connectivity index (χ2n) is 4.79. The third kappa shape index (κ3) is 4.83. The molecule has 23 heavy (non-hydrogen) atoms. The van der Waals surface area contributed by atoms with Crippen molar-refractivity contribution in [3.05, 3.63) is 70.6 Å². The van der Waals surface area contributed by atoms with Gasteiger partial charge in [0.1, 0.15) is 11.6 Å². The summed E-state index contributed by atoms with van der Waals surface area (Å²) in [6, 6.07) is 12.6. The normalized spacial score (nSPS) is 10.7. The summed E-state index contributed by atoms with van der Waals surface area (Å²) < 4.78 is 0. The Labute approximate surface area is 139 Å². The monoisotopic (exact) mass is 326 g/mol. The first-order chi connectivity index (χ1) is 11.1. The van der Waals surface area contributed by atoms with Gasteiger partial charge in [-0.25, -0.2) is 0 Å². The summed E-state index contributed by atoms with van der Waals surface area (Å²) in [5.41, 5.74) is 2.22. The van der Waals surface area contributed by atoms with Crippen molar-refractivity contribution in [3.8, 4) is 6.07 Å². The molecular weight excluding hydrogens is 312 g/mol. The van der Waals surface area contributed by atoms with Crippen molar-refractivity contribution in [3.63, 3.8) is 0 Å². The van der Waals surface area contributed by atoms with Crippen LogP contribution in [0.4, 0.5) is 5.69 Å². The zero-order valence-electron chi connectivity index (χ0n) is 12.5. The molecular formula is C17H15ClN4O. The Morgan fingerprint density at radius 1 is 1.39 bits per heavy atom. The van der Waals surface area contributed by atoms with Crippen molar-refractivity contribution in [2.45, 2.75) is 13.5 Å². The van der Waals surface area contributed by atoms with Crippen LogP contribution in [0.3, 0.4) is 0 Å². The Morgan fingerprint density at radius 2 is 2.22 bits per heavy atom. The maximum absolute atomic E-state index is 12.1. The number of nitriles is 1. The van der Waals surface area contributed by atoms with Gasteiger partial charge < -0.3 is 10.6 Å². The van der Waals surface area contributed by atoms with Gasteiger partial charge in [0, 0.05) is 23.1 Å². The maximum atomic E-state index is 12.1. The number of carbonyl (C=O) groups is 1. The molecule has 1 amide bonds. The molecule has 116 valence electrons. The third-order valence-corrected chi connectivity index (χ3v) is 3.30. The fourth-order valence-electron chi connectivity index (χ4n) is 1.83. The van der Waals surface area contributed by atoms with Crippen LogP contribution >= 0.6 is 11.6 Å². The molecule has 2 N–H and O–H groups in total. The highest BCUT2D eigenvalue weighted by Gasteiger charge is 2.10. The number of nitrogens with one attached hydrogen (secondary N) is 2. The van der Waals surface area contributed by atoms with E-state index in [9.17, 15) is 4.79 Å². The largest absolute Gasteiger partial charge is 0.384 e. The summed E-state index contributed by atoms with van der Waals surface area (Å²) in [5.74, 6) is -0.494. The summed E-state index contributed by atoms with van der Waals surface area (Å²) in [5, 5.41) is 15.2. The number of nitrogens with zero attached hydrogens (tertiary/aromatic N) is 2. The number of amides is 1. The molecule has 2 rings (SSSR count). The highest BCUT2D eigenvalue weighted by atomic mass is 35.5. The first-order valence-electron chi connectivity index (χ1n) is 6.91. The van der Waals surface area contributed by atoms with E-state index in [0.717, 1.165) is 11.3 Å². The minimum absolute atomic E-state index is 0.0275. The van der Waals surface area contributed by atoms with Gasteiger partial charge in [0.2, 0.25) is 0 Å². The Hall–Kier alpha value is -2.84. The second-order valence-corrected chi connectivity index (χ2v) is 5.22. The SMILES string of the molecule is Cc1ccc(Cl)cc1NC(=O)/C(C#N)=C\NCc1ccccn1. The molecule has 2 aromatic rings. The van der Waals surface area contributed by atoms with Crippen LogP contribution < -0.4 is 10.6 Å². The lowest BCUT2D eigenvalue weighted by Crippen LogP contribution is -2.17. The lowest BCUT2D eigenvalue weighted by Gasteiger charge is -2.08. The molecule has 0 fully saturated rings. The molecule has 0 aliphatic heterocycles. The van der Waals surface area contributed by atoms with Crippen LogP contribution in [-0.2, 0) is 11.3 Å². The Morgan fingerprint density at radius 3 is 2.91 bits per heavy atom. The van der Waals surface area contributed by atoms with Gasteiger partial charge in [-0.2, -0.15) is 5.26 Å². The number of hydrogen-bond acceptors (Lipinski definition) is 4. The predicted octanol–water partition coefficient (Wildman–Crippen LogP) is 3.18. The summed E-state index contributed by atoms with van der Waals surface area (Å²) in [7, 11) is 0. The molecule has 0 radical (unpaired) electrons. The van der Waals surface area contributed by atoms with Crippen LogP contribution in [-0.4, -0.2) is 10.9 Å². The van der Waals surface area contributed by atoms with Gasteiger partial charge in [0.05, 0.1) is 12.2 Å². The molecule has 1 heterocycles. The van der Waals surface area contributed by atoms with E-state index in [1.54, 1.807) is 24.4 Å². The van der Waals surface area contributed by atoms with E-state index in [1.165, 1.54) is 6.20 Å². The molecule has 0 bridgehead atoms. The fraction of sp³-hybridized carbons (Fsp3) is 0.118. The van der Waals surface area contributed by atoms with Crippen molar-refractivity contribution in [1.82, 2.24) is 10.3 Å². The average molecular weight is 327 g/mol. The van der Waals surface area contributed by atoms with Gasteiger partial charge in [-0.3, -0.25) is 9.78 Å². The fourth-order valence-corrected chi connectivity index (χ4v) is 2.00. The smallest absolute Gasteiger partial charge is 0.267 e. The Balaban J connectivity index is 2.02. The van der Waals surface area contributed by atoms with Crippen LogP contribution in [0.2, 0.25) is 5.02 Å². The lowest BCUT2D eigenvalue weighted by molar-refractivity contribution is -0.112. The molecule has 0 spiro atoms. The van der Waals surface area contributed by atoms with E-state index in [1.807, 2.05) is 31.2 Å². The van der Waals surface area contributed by atoms with E-state index in [2.05, 4.69) is 15.6 Å². The highest BCUT2D eigenvalue weighted by Crippen LogP contribution is 2.20. The topological polar surface area (TPSA) is 77.8 Å². The molecule has 0 saturated carbocycles. The third-order valence-electron chi connectivity index (χ3n) is 3.07. The predicted molar refractivity (Wildman–Crippen MR) is 89.6 cm³/mol. The van der Waals surface area contributed by atoms with Crippen LogP contribution in [0.5, 0.6) is 0 Å². The number of pyridine rings is 1. The first kappa shape index (κ1) is 16.5. The van der Waals surface area contributed by atoms with E-state index in [-0.39, 0.29) is 5.57 Å². The number of carbonyl (C=O) groups excluding carboxylic acids is 1. The van der Waals surface area contributed by atoms with Crippen LogP contribution in [0.25, 0.3) is 0 Å². The zero-order valence-corrected chi connectivity index (χ0v) is 13.3. The van der Waals surface area contributed by atoms with Gasteiger partial charge in [0.15, 0.2) is 0 Å². The number of benzene rings is 1.